The lowest BCUT2D eigenvalue weighted by Crippen LogP contribution is -2.12. The maximum Gasteiger partial charge on any atom is 0.257 e. The number of benzene rings is 2. The van der Waals surface area contributed by atoms with Gasteiger partial charge < -0.3 is 10.6 Å². The summed E-state index contributed by atoms with van der Waals surface area (Å²) in [6, 6.07) is 15.4. The first kappa shape index (κ1) is 17.5. The quantitative estimate of drug-likeness (QED) is 0.569. The summed E-state index contributed by atoms with van der Waals surface area (Å²) in [6.45, 7) is 0. The number of carbonyl (C=O) groups excluding carboxylic acids is 1. The molecule has 0 fully saturated rings. The maximum absolute atomic E-state index is 12.2. The van der Waals surface area contributed by atoms with Crippen molar-refractivity contribution in [1.82, 2.24) is 4.98 Å². The van der Waals surface area contributed by atoms with Crippen molar-refractivity contribution in [3.8, 4) is 0 Å². The molecule has 126 valence electrons. The van der Waals surface area contributed by atoms with E-state index in [1.54, 1.807) is 60.8 Å². The molecule has 0 aliphatic carbocycles. The lowest BCUT2D eigenvalue weighted by atomic mass is 10.2. The van der Waals surface area contributed by atoms with Crippen LogP contribution in [0.3, 0.4) is 0 Å². The molecular weight excluding hydrogens is 381 g/mol. The third-order valence-electron chi connectivity index (χ3n) is 3.33. The first-order valence-electron chi connectivity index (χ1n) is 7.27. The largest absolute Gasteiger partial charge is 0.339 e. The first-order valence-corrected chi connectivity index (χ1v) is 8.40. The van der Waals surface area contributed by atoms with Crippen molar-refractivity contribution in [2.75, 3.05) is 10.6 Å². The van der Waals surface area contributed by atoms with E-state index < -0.39 is 0 Å². The number of aromatic nitrogens is 1. The van der Waals surface area contributed by atoms with Crippen molar-refractivity contribution >= 4 is 57.9 Å². The summed E-state index contributed by atoms with van der Waals surface area (Å²) in [7, 11) is 0. The van der Waals surface area contributed by atoms with Crippen LogP contribution in [-0.4, -0.2) is 10.9 Å². The van der Waals surface area contributed by atoms with Gasteiger partial charge in [-0.3, -0.25) is 4.79 Å². The standard InChI is InChI=1S/C18H12Cl3N3O/c19-11-5-7-16(15(21)9-11)24-17-8-6-12(10-22-17)23-18(25)13-3-1-2-4-14(13)20/h1-10H,(H,22,24)(H,23,25). The highest BCUT2D eigenvalue weighted by Crippen LogP contribution is 2.28. The second-order valence-corrected chi connectivity index (χ2v) is 6.37. The molecule has 1 heterocycles. The second-order valence-electron chi connectivity index (χ2n) is 5.12. The molecule has 0 unspecified atom stereocenters. The number of nitrogens with one attached hydrogen (secondary N) is 2. The zero-order chi connectivity index (χ0) is 17.8. The highest BCUT2D eigenvalue weighted by atomic mass is 35.5. The monoisotopic (exact) mass is 391 g/mol. The Morgan fingerprint density at radius 3 is 2.40 bits per heavy atom. The first-order chi connectivity index (χ1) is 12.0. The fraction of sp³-hybridized carbons (Fsp3) is 0. The Labute approximate surface area is 159 Å². The number of hydrogen-bond acceptors (Lipinski definition) is 3. The van der Waals surface area contributed by atoms with Gasteiger partial charge in [0, 0.05) is 5.02 Å². The number of carbonyl (C=O) groups is 1. The van der Waals surface area contributed by atoms with Crippen LogP contribution in [-0.2, 0) is 0 Å². The van der Waals surface area contributed by atoms with Crippen LogP contribution in [0.4, 0.5) is 17.2 Å². The Morgan fingerprint density at radius 1 is 0.920 bits per heavy atom. The van der Waals surface area contributed by atoms with E-state index in [9.17, 15) is 4.79 Å². The normalized spacial score (nSPS) is 10.4. The molecule has 1 aromatic heterocycles. The third kappa shape index (κ3) is 4.42. The minimum absolute atomic E-state index is 0.297. The van der Waals surface area contributed by atoms with Crippen LogP contribution >= 0.6 is 34.8 Å². The smallest absolute Gasteiger partial charge is 0.257 e. The van der Waals surface area contributed by atoms with E-state index in [-0.39, 0.29) is 5.91 Å². The predicted octanol–water partition coefficient (Wildman–Crippen LogP) is 6.04. The van der Waals surface area contributed by atoms with E-state index in [0.717, 1.165) is 0 Å². The molecule has 0 saturated heterocycles. The summed E-state index contributed by atoms with van der Waals surface area (Å²) in [5.41, 5.74) is 1.64. The van der Waals surface area contributed by atoms with Gasteiger partial charge in [-0.2, -0.15) is 0 Å². The zero-order valence-corrected chi connectivity index (χ0v) is 15.0. The molecule has 0 aliphatic rings. The third-order valence-corrected chi connectivity index (χ3v) is 4.21. The SMILES string of the molecule is O=C(Nc1ccc(Nc2ccc(Cl)cc2Cl)nc1)c1ccccc1Cl. The van der Waals surface area contributed by atoms with Gasteiger partial charge in [0.1, 0.15) is 5.82 Å². The van der Waals surface area contributed by atoms with Gasteiger partial charge in [0.2, 0.25) is 0 Å². The van der Waals surface area contributed by atoms with Gasteiger partial charge in [-0.25, -0.2) is 4.98 Å². The molecule has 0 bridgehead atoms. The molecule has 0 saturated carbocycles. The number of nitrogens with zero attached hydrogens (tertiary/aromatic N) is 1. The minimum atomic E-state index is -0.297. The van der Waals surface area contributed by atoms with Crippen LogP contribution in [0.2, 0.25) is 15.1 Å². The van der Waals surface area contributed by atoms with Crippen LogP contribution in [0.5, 0.6) is 0 Å². The average molecular weight is 393 g/mol. The topological polar surface area (TPSA) is 54.0 Å². The molecule has 7 heteroatoms. The van der Waals surface area contributed by atoms with Crippen molar-refractivity contribution in [3.05, 3.63) is 81.4 Å². The molecule has 3 rings (SSSR count). The zero-order valence-electron chi connectivity index (χ0n) is 12.8. The molecule has 0 spiro atoms. The number of rotatable bonds is 4. The summed E-state index contributed by atoms with van der Waals surface area (Å²) in [5.74, 6) is 0.286. The molecule has 0 atom stereocenters. The summed E-state index contributed by atoms with van der Waals surface area (Å²) in [6.07, 6.45) is 1.54. The van der Waals surface area contributed by atoms with E-state index in [1.807, 2.05) is 0 Å². The number of halogens is 3. The Hall–Kier alpha value is -2.27. The molecule has 1 amide bonds. The number of amides is 1. The second kappa shape index (κ2) is 7.74. The van der Waals surface area contributed by atoms with Gasteiger partial charge in [-0.1, -0.05) is 46.9 Å². The number of pyridine rings is 1. The number of anilines is 3. The van der Waals surface area contributed by atoms with E-state index in [1.165, 1.54) is 0 Å². The fourth-order valence-corrected chi connectivity index (χ4v) is 2.79. The van der Waals surface area contributed by atoms with Crippen LogP contribution in [0.1, 0.15) is 10.4 Å². The van der Waals surface area contributed by atoms with Crippen LogP contribution in [0, 0.1) is 0 Å². The van der Waals surface area contributed by atoms with E-state index in [2.05, 4.69) is 15.6 Å². The number of hydrogen-bond donors (Lipinski definition) is 2. The van der Waals surface area contributed by atoms with Gasteiger partial charge in [0.15, 0.2) is 0 Å². The minimum Gasteiger partial charge on any atom is -0.339 e. The Bertz CT molecular complexity index is 914. The highest BCUT2D eigenvalue weighted by molar-refractivity contribution is 6.36. The molecular formula is C18H12Cl3N3O. The molecule has 25 heavy (non-hydrogen) atoms. The van der Waals surface area contributed by atoms with Crippen molar-refractivity contribution in [2.45, 2.75) is 0 Å². The summed E-state index contributed by atoms with van der Waals surface area (Å²) >= 11 is 18.0. The lowest BCUT2D eigenvalue weighted by molar-refractivity contribution is 0.102. The van der Waals surface area contributed by atoms with Gasteiger partial charge in [-0.05, 0) is 42.5 Å². The van der Waals surface area contributed by atoms with E-state index >= 15 is 0 Å². The maximum atomic E-state index is 12.2. The van der Waals surface area contributed by atoms with Gasteiger partial charge in [-0.15, -0.1) is 0 Å². The van der Waals surface area contributed by atoms with Crippen LogP contribution < -0.4 is 10.6 Å². The fourth-order valence-electron chi connectivity index (χ4n) is 2.11. The van der Waals surface area contributed by atoms with Gasteiger partial charge in [0.05, 0.1) is 33.2 Å². The Balaban J connectivity index is 1.70. The van der Waals surface area contributed by atoms with Gasteiger partial charge >= 0.3 is 0 Å². The molecule has 4 nitrogen and oxygen atoms in total. The van der Waals surface area contributed by atoms with Crippen LogP contribution in [0.15, 0.2) is 60.8 Å². The lowest BCUT2D eigenvalue weighted by Gasteiger charge is -2.10. The van der Waals surface area contributed by atoms with E-state index in [0.29, 0.717) is 37.8 Å². The Morgan fingerprint density at radius 2 is 1.72 bits per heavy atom. The molecule has 2 aromatic carbocycles. The molecule has 3 aromatic rings. The summed E-state index contributed by atoms with van der Waals surface area (Å²) < 4.78 is 0. The molecule has 0 radical (unpaired) electrons. The van der Waals surface area contributed by atoms with E-state index in [4.69, 9.17) is 34.8 Å². The van der Waals surface area contributed by atoms with Gasteiger partial charge in [0.25, 0.3) is 5.91 Å². The summed E-state index contributed by atoms with van der Waals surface area (Å²) in [5, 5.41) is 7.28. The molecule has 2 N–H and O–H groups in total. The van der Waals surface area contributed by atoms with Crippen molar-refractivity contribution in [2.24, 2.45) is 0 Å². The van der Waals surface area contributed by atoms with Crippen molar-refractivity contribution in [1.29, 1.82) is 0 Å². The molecule has 0 aliphatic heterocycles. The predicted molar refractivity (Wildman–Crippen MR) is 103 cm³/mol. The Kier molecular flexibility index (Phi) is 5.43. The van der Waals surface area contributed by atoms with Crippen LogP contribution in [0.25, 0.3) is 0 Å². The average Bonchev–Trinajstić information content (AvgIpc) is 2.59. The van der Waals surface area contributed by atoms with Crippen molar-refractivity contribution in [3.63, 3.8) is 0 Å². The highest BCUT2D eigenvalue weighted by Gasteiger charge is 2.10. The van der Waals surface area contributed by atoms with Crippen molar-refractivity contribution < 1.29 is 4.79 Å². The summed E-state index contributed by atoms with van der Waals surface area (Å²) in [4.78, 5) is 16.5.